The fraction of sp³-hybridized carbons (Fsp3) is 0.0714. The quantitative estimate of drug-likeness (QED) is 0.383. The van der Waals surface area contributed by atoms with Gasteiger partial charge >= 0.3 is 0 Å². The van der Waals surface area contributed by atoms with E-state index < -0.39 is 5.41 Å². The van der Waals surface area contributed by atoms with Crippen LogP contribution < -0.4 is 5.32 Å². The van der Waals surface area contributed by atoms with Gasteiger partial charge in [-0.1, -0.05) is 79.4 Å². The second-order valence-corrected chi connectivity index (χ2v) is 8.01. The van der Waals surface area contributed by atoms with Crippen molar-refractivity contribution in [1.82, 2.24) is 9.78 Å². The highest BCUT2D eigenvalue weighted by atomic mass is 19.1. The molecule has 0 aliphatic heterocycles. The predicted molar refractivity (Wildman–Crippen MR) is 129 cm³/mol. The number of hydrogen-bond acceptors (Lipinski definition) is 3. The minimum Gasteiger partial charge on any atom is -0.338 e. The molecule has 1 aliphatic carbocycles. The number of allylic oxidation sites excluding steroid dienone is 2. The number of benzene rings is 3. The van der Waals surface area contributed by atoms with Crippen molar-refractivity contribution in [2.45, 2.75) is 11.8 Å². The van der Waals surface area contributed by atoms with Crippen molar-refractivity contribution >= 4 is 23.5 Å². The first-order chi connectivity index (χ1) is 16.1. The van der Waals surface area contributed by atoms with Gasteiger partial charge in [0.2, 0.25) is 0 Å². The number of rotatable bonds is 5. The molecule has 4 aromatic rings. The van der Waals surface area contributed by atoms with Crippen LogP contribution in [0.2, 0.25) is 0 Å². The predicted octanol–water partition coefficient (Wildman–Crippen LogP) is 6.15. The maximum absolute atomic E-state index is 14.3. The summed E-state index contributed by atoms with van der Waals surface area (Å²) in [6.07, 6.45) is 5.75. The smallest absolute Gasteiger partial charge is 0.270 e. The summed E-state index contributed by atoms with van der Waals surface area (Å²) in [5, 5.41) is 7.91. The summed E-state index contributed by atoms with van der Waals surface area (Å²) in [6, 6.07) is 26.3. The van der Waals surface area contributed by atoms with E-state index in [0.29, 0.717) is 12.2 Å². The Hall–Kier alpha value is -4.25. The first-order valence-corrected chi connectivity index (χ1v) is 10.7. The van der Waals surface area contributed by atoms with E-state index in [0.717, 1.165) is 28.1 Å². The van der Waals surface area contributed by atoms with Gasteiger partial charge in [-0.25, -0.2) is 4.39 Å². The summed E-state index contributed by atoms with van der Waals surface area (Å²) in [5.74, 6) is -0.0310. The molecule has 0 fully saturated rings. The van der Waals surface area contributed by atoms with E-state index in [2.05, 4.69) is 23.1 Å². The molecule has 0 saturated carbocycles. The Kier molecular flexibility index (Phi) is 5.23. The zero-order valence-corrected chi connectivity index (χ0v) is 17.9. The number of nitrogens with zero attached hydrogens (tertiary/aromatic N) is 2. The zero-order valence-electron chi connectivity index (χ0n) is 17.9. The van der Waals surface area contributed by atoms with Crippen molar-refractivity contribution in [3.8, 4) is 0 Å². The van der Waals surface area contributed by atoms with Crippen molar-refractivity contribution in [2.24, 2.45) is 0 Å². The van der Waals surface area contributed by atoms with E-state index in [9.17, 15) is 9.18 Å². The molecule has 4 nitrogen and oxygen atoms in total. The molecule has 162 valence electrons. The Morgan fingerprint density at radius 1 is 1.00 bits per heavy atom. The monoisotopic (exact) mass is 435 g/mol. The van der Waals surface area contributed by atoms with Crippen LogP contribution >= 0.6 is 0 Å². The molecule has 0 spiro atoms. The highest BCUT2D eigenvalue weighted by Gasteiger charge is 2.38. The molecule has 0 saturated heterocycles. The van der Waals surface area contributed by atoms with E-state index in [-0.39, 0.29) is 11.7 Å². The molecule has 0 amide bonds. The summed E-state index contributed by atoms with van der Waals surface area (Å²) in [5.41, 5.74) is 3.61. The van der Waals surface area contributed by atoms with E-state index in [1.54, 1.807) is 12.1 Å². The topological polar surface area (TPSA) is 46.9 Å². The van der Waals surface area contributed by atoms with E-state index in [1.165, 1.54) is 16.8 Å². The second kappa shape index (κ2) is 8.36. The largest absolute Gasteiger partial charge is 0.338 e. The van der Waals surface area contributed by atoms with Gasteiger partial charge in [0, 0.05) is 23.1 Å². The maximum atomic E-state index is 14.3. The molecule has 0 radical (unpaired) electrons. The van der Waals surface area contributed by atoms with Crippen molar-refractivity contribution < 1.29 is 9.18 Å². The molecular formula is C28H22FN3O. The molecule has 33 heavy (non-hydrogen) atoms. The van der Waals surface area contributed by atoms with Crippen molar-refractivity contribution in [3.05, 3.63) is 132 Å². The molecule has 1 unspecified atom stereocenters. The zero-order chi connectivity index (χ0) is 22.8. The van der Waals surface area contributed by atoms with Gasteiger partial charge in [-0.05, 0) is 41.5 Å². The lowest BCUT2D eigenvalue weighted by Gasteiger charge is -2.35. The summed E-state index contributed by atoms with van der Waals surface area (Å²) in [7, 11) is 0. The highest BCUT2D eigenvalue weighted by molar-refractivity contribution is 5.91. The minimum absolute atomic E-state index is 0.302. The number of fused-ring (bicyclic) bond motifs is 1. The number of carbonyl (C=O) groups is 1. The van der Waals surface area contributed by atoms with Crippen LogP contribution in [0.5, 0.6) is 0 Å². The number of para-hydroxylation sites is 1. The number of hydrogen-bond donors (Lipinski definition) is 1. The molecule has 5 rings (SSSR count). The van der Waals surface area contributed by atoms with Crippen molar-refractivity contribution in [3.63, 3.8) is 0 Å². The third-order valence-corrected chi connectivity index (χ3v) is 6.05. The first-order valence-electron chi connectivity index (χ1n) is 10.7. The fourth-order valence-corrected chi connectivity index (χ4v) is 4.44. The standard InChI is InChI=1S/C28H22FN3O/c1-2-26(33)32-25-19-28(20-10-5-3-6-11-20,21-12-9-13-22(29)18-21)17-16-24(25)27(31-32)30-23-14-7-4-8-15-23/h2-18H,1,19H2,(H,30,31). The van der Waals surface area contributed by atoms with Crippen molar-refractivity contribution in [2.75, 3.05) is 5.32 Å². The summed E-state index contributed by atoms with van der Waals surface area (Å²) >= 11 is 0. The van der Waals surface area contributed by atoms with Crippen molar-refractivity contribution in [1.29, 1.82) is 0 Å². The molecule has 3 aromatic carbocycles. The molecule has 1 N–H and O–H groups in total. The van der Waals surface area contributed by atoms with Gasteiger partial charge in [0.05, 0.1) is 5.69 Å². The van der Waals surface area contributed by atoms with E-state index >= 15 is 0 Å². The Labute approximate surface area is 191 Å². The van der Waals surface area contributed by atoms with Gasteiger partial charge in [-0.3, -0.25) is 4.79 Å². The van der Waals surface area contributed by atoms with Crippen LogP contribution in [0.4, 0.5) is 15.9 Å². The average molecular weight is 436 g/mol. The number of halogens is 1. The lowest BCUT2D eigenvalue weighted by Crippen LogP contribution is -2.32. The molecule has 0 bridgehead atoms. The first kappa shape index (κ1) is 20.6. The van der Waals surface area contributed by atoms with Gasteiger partial charge in [-0.15, -0.1) is 5.10 Å². The van der Waals surface area contributed by atoms with Crippen LogP contribution in [0, 0.1) is 5.82 Å². The third-order valence-electron chi connectivity index (χ3n) is 6.05. The number of anilines is 2. The minimum atomic E-state index is -0.653. The third kappa shape index (κ3) is 3.68. The SMILES string of the molecule is C=CC(=O)n1nc(Nc2ccccc2)c2c1CC(c1ccccc1)(c1cccc(F)c1)C=C2. The number of aromatic nitrogens is 2. The normalized spacial score (nSPS) is 16.8. The maximum Gasteiger partial charge on any atom is 0.270 e. The summed E-state index contributed by atoms with van der Waals surface area (Å²) in [4.78, 5) is 12.8. The lowest BCUT2D eigenvalue weighted by atomic mass is 9.68. The molecule has 1 heterocycles. The number of carbonyl (C=O) groups excluding carboxylic acids is 1. The summed E-state index contributed by atoms with van der Waals surface area (Å²) in [6.45, 7) is 3.65. The highest BCUT2D eigenvalue weighted by Crippen LogP contribution is 2.43. The van der Waals surface area contributed by atoms with Gasteiger partial charge in [0.1, 0.15) is 5.82 Å². The average Bonchev–Trinajstić information content (AvgIpc) is 3.22. The Balaban J connectivity index is 1.69. The van der Waals surface area contributed by atoms with Crippen LogP contribution in [-0.4, -0.2) is 15.7 Å². The van der Waals surface area contributed by atoms with Crippen LogP contribution in [0.15, 0.2) is 104 Å². The van der Waals surface area contributed by atoms with Gasteiger partial charge in [0.15, 0.2) is 5.82 Å². The summed E-state index contributed by atoms with van der Waals surface area (Å²) < 4.78 is 15.7. The van der Waals surface area contributed by atoms with Gasteiger partial charge < -0.3 is 5.32 Å². The van der Waals surface area contributed by atoms with Crippen LogP contribution in [0.25, 0.3) is 6.08 Å². The van der Waals surface area contributed by atoms with E-state index in [4.69, 9.17) is 0 Å². The molecule has 1 aliphatic rings. The lowest BCUT2D eigenvalue weighted by molar-refractivity contribution is 0.0950. The van der Waals surface area contributed by atoms with Crippen LogP contribution in [-0.2, 0) is 11.8 Å². The molecule has 5 heteroatoms. The van der Waals surface area contributed by atoms with E-state index in [1.807, 2.05) is 72.8 Å². The van der Waals surface area contributed by atoms with Crippen LogP contribution in [0.1, 0.15) is 27.2 Å². The Morgan fingerprint density at radius 2 is 1.70 bits per heavy atom. The van der Waals surface area contributed by atoms with Crippen LogP contribution in [0.3, 0.4) is 0 Å². The molecular weight excluding hydrogens is 413 g/mol. The Bertz CT molecular complexity index is 1360. The van der Waals surface area contributed by atoms with Gasteiger partial charge in [-0.2, -0.15) is 4.68 Å². The molecule has 1 atom stereocenters. The fourth-order valence-electron chi connectivity index (χ4n) is 4.44. The second-order valence-electron chi connectivity index (χ2n) is 8.01. The van der Waals surface area contributed by atoms with Gasteiger partial charge in [0.25, 0.3) is 5.91 Å². The Morgan fingerprint density at radius 3 is 2.39 bits per heavy atom. The number of nitrogens with one attached hydrogen (secondary N) is 1. The molecule has 1 aromatic heterocycles.